The minimum absolute atomic E-state index is 0.120. The van der Waals surface area contributed by atoms with E-state index in [9.17, 15) is 14.4 Å². The van der Waals surface area contributed by atoms with E-state index in [0.29, 0.717) is 43.8 Å². The van der Waals surface area contributed by atoms with E-state index in [-0.39, 0.29) is 17.8 Å². The highest BCUT2D eigenvalue weighted by Crippen LogP contribution is 2.21. The van der Waals surface area contributed by atoms with Gasteiger partial charge in [-0.3, -0.25) is 14.9 Å². The first kappa shape index (κ1) is 20.7. The first-order valence-electron chi connectivity index (χ1n) is 9.25. The van der Waals surface area contributed by atoms with Crippen LogP contribution >= 0.6 is 0 Å². The minimum atomic E-state index is -0.596. The number of hydrogen-bond donors (Lipinski definition) is 1. The van der Waals surface area contributed by atoms with Gasteiger partial charge in [0.25, 0.3) is 5.91 Å². The van der Waals surface area contributed by atoms with Crippen LogP contribution in [0.25, 0.3) is 0 Å². The van der Waals surface area contributed by atoms with Gasteiger partial charge in [-0.2, -0.15) is 0 Å². The van der Waals surface area contributed by atoms with Crippen LogP contribution in [0, 0.1) is 5.92 Å². The van der Waals surface area contributed by atoms with Gasteiger partial charge in [0.1, 0.15) is 5.60 Å². The number of likely N-dealkylation sites (tertiary alicyclic amines) is 1. The van der Waals surface area contributed by atoms with Crippen molar-refractivity contribution in [2.24, 2.45) is 5.92 Å². The molecule has 7 nitrogen and oxygen atoms in total. The number of carbonyl (C=O) groups excluding carboxylic acids is 3. The third-order valence-corrected chi connectivity index (χ3v) is 4.16. The highest BCUT2D eigenvalue weighted by atomic mass is 16.6. The molecule has 0 atom stereocenters. The highest BCUT2D eigenvalue weighted by Gasteiger charge is 2.28. The largest absolute Gasteiger partial charge is 0.466 e. The predicted octanol–water partition coefficient (Wildman–Crippen LogP) is 3.45. The number of nitrogens with zero attached hydrogens (tertiary/aromatic N) is 1. The Hall–Kier alpha value is -2.57. The number of benzene rings is 1. The van der Waals surface area contributed by atoms with Gasteiger partial charge < -0.3 is 14.4 Å². The summed E-state index contributed by atoms with van der Waals surface area (Å²) in [5.74, 6) is -0.451. The number of anilines is 1. The van der Waals surface area contributed by atoms with E-state index in [0.717, 1.165) is 0 Å². The fraction of sp³-hybridized carbons (Fsp3) is 0.550. The van der Waals surface area contributed by atoms with Gasteiger partial charge >= 0.3 is 12.1 Å². The summed E-state index contributed by atoms with van der Waals surface area (Å²) in [4.78, 5) is 38.2. The van der Waals surface area contributed by atoms with Crippen LogP contribution in [-0.4, -0.2) is 48.2 Å². The van der Waals surface area contributed by atoms with Gasteiger partial charge in [0.2, 0.25) is 0 Å². The maximum absolute atomic E-state index is 12.7. The fourth-order valence-corrected chi connectivity index (χ4v) is 2.91. The number of amides is 2. The first-order chi connectivity index (χ1) is 12.7. The van der Waals surface area contributed by atoms with Gasteiger partial charge in [-0.25, -0.2) is 4.79 Å². The Labute approximate surface area is 160 Å². The molecule has 1 aliphatic heterocycles. The summed E-state index contributed by atoms with van der Waals surface area (Å²) in [7, 11) is 0. The molecule has 148 valence electrons. The second kappa shape index (κ2) is 8.88. The standard InChI is InChI=1S/C20H28N2O5/c1-5-26-18(24)14-9-11-22(12-10-14)17(23)15-7-6-8-16(13-15)21-19(25)27-20(2,3)4/h6-8,13-14H,5,9-12H2,1-4H3,(H,21,25). The molecule has 0 saturated carbocycles. The number of piperidine rings is 1. The number of nitrogens with one attached hydrogen (secondary N) is 1. The van der Waals surface area contributed by atoms with Gasteiger partial charge in [0.05, 0.1) is 12.5 Å². The molecule has 27 heavy (non-hydrogen) atoms. The maximum atomic E-state index is 12.7. The molecule has 1 fully saturated rings. The molecule has 0 unspecified atom stereocenters. The summed E-state index contributed by atoms with van der Waals surface area (Å²) in [6.45, 7) is 8.52. The molecule has 2 rings (SSSR count). The molecule has 0 bridgehead atoms. The molecule has 0 aliphatic carbocycles. The second-order valence-corrected chi connectivity index (χ2v) is 7.53. The lowest BCUT2D eigenvalue weighted by molar-refractivity contribution is -0.149. The molecular formula is C20H28N2O5. The number of ether oxygens (including phenoxy) is 2. The van der Waals surface area contributed by atoms with Crippen molar-refractivity contribution < 1.29 is 23.9 Å². The van der Waals surface area contributed by atoms with Crippen LogP contribution in [0.15, 0.2) is 24.3 Å². The summed E-state index contributed by atoms with van der Waals surface area (Å²) >= 11 is 0. The molecule has 1 heterocycles. The van der Waals surface area contributed by atoms with Crippen molar-refractivity contribution in [3.8, 4) is 0 Å². The molecule has 1 saturated heterocycles. The van der Waals surface area contributed by atoms with Crippen molar-refractivity contribution >= 4 is 23.7 Å². The smallest absolute Gasteiger partial charge is 0.412 e. The van der Waals surface area contributed by atoms with Crippen LogP contribution in [0.1, 0.15) is 50.9 Å². The van der Waals surface area contributed by atoms with Crippen LogP contribution in [-0.2, 0) is 14.3 Å². The summed E-state index contributed by atoms with van der Waals surface area (Å²) in [5, 5.41) is 2.64. The van der Waals surface area contributed by atoms with Crippen LogP contribution in [0.5, 0.6) is 0 Å². The Morgan fingerprint density at radius 2 is 1.85 bits per heavy atom. The number of rotatable bonds is 4. The lowest BCUT2D eigenvalue weighted by Gasteiger charge is -2.31. The SMILES string of the molecule is CCOC(=O)C1CCN(C(=O)c2cccc(NC(=O)OC(C)(C)C)c2)CC1. The average molecular weight is 376 g/mol. The molecule has 0 radical (unpaired) electrons. The van der Waals surface area contributed by atoms with E-state index in [2.05, 4.69) is 5.32 Å². The Morgan fingerprint density at radius 3 is 2.44 bits per heavy atom. The van der Waals surface area contributed by atoms with Crippen LogP contribution < -0.4 is 5.32 Å². The fourth-order valence-electron chi connectivity index (χ4n) is 2.91. The van der Waals surface area contributed by atoms with E-state index >= 15 is 0 Å². The molecule has 0 aromatic heterocycles. The van der Waals surface area contributed by atoms with Gasteiger partial charge in [-0.1, -0.05) is 6.07 Å². The molecule has 1 N–H and O–H groups in total. The Morgan fingerprint density at radius 1 is 1.19 bits per heavy atom. The molecular weight excluding hydrogens is 348 g/mol. The van der Waals surface area contributed by atoms with Gasteiger partial charge in [0.15, 0.2) is 0 Å². The zero-order valence-corrected chi connectivity index (χ0v) is 16.4. The first-order valence-corrected chi connectivity index (χ1v) is 9.25. The van der Waals surface area contributed by atoms with Gasteiger partial charge in [-0.05, 0) is 58.7 Å². The third kappa shape index (κ3) is 6.27. The van der Waals surface area contributed by atoms with Crippen molar-refractivity contribution in [3.05, 3.63) is 29.8 Å². The summed E-state index contributed by atoms with van der Waals surface area (Å²) in [6, 6.07) is 6.75. The summed E-state index contributed by atoms with van der Waals surface area (Å²) in [5.41, 5.74) is 0.385. The molecule has 7 heteroatoms. The normalized spacial score (nSPS) is 15.2. The lowest BCUT2D eigenvalue weighted by Crippen LogP contribution is -2.40. The molecule has 1 aliphatic rings. The van der Waals surface area contributed by atoms with Crippen molar-refractivity contribution in [1.82, 2.24) is 4.90 Å². The average Bonchev–Trinajstić information content (AvgIpc) is 2.60. The monoisotopic (exact) mass is 376 g/mol. The number of hydrogen-bond acceptors (Lipinski definition) is 5. The summed E-state index contributed by atoms with van der Waals surface area (Å²) < 4.78 is 10.3. The van der Waals surface area contributed by atoms with Crippen molar-refractivity contribution in [2.75, 3.05) is 25.0 Å². The van der Waals surface area contributed by atoms with Crippen molar-refractivity contribution in [2.45, 2.75) is 46.1 Å². The van der Waals surface area contributed by atoms with E-state index in [1.165, 1.54) is 0 Å². The Bertz CT molecular complexity index is 688. The molecule has 0 spiro atoms. The van der Waals surface area contributed by atoms with E-state index in [1.54, 1.807) is 56.9 Å². The van der Waals surface area contributed by atoms with Crippen molar-refractivity contribution in [1.29, 1.82) is 0 Å². The minimum Gasteiger partial charge on any atom is -0.466 e. The van der Waals surface area contributed by atoms with E-state index < -0.39 is 11.7 Å². The topological polar surface area (TPSA) is 84.9 Å². The van der Waals surface area contributed by atoms with Gasteiger partial charge in [0, 0.05) is 24.3 Å². The third-order valence-electron chi connectivity index (χ3n) is 4.16. The van der Waals surface area contributed by atoms with Crippen molar-refractivity contribution in [3.63, 3.8) is 0 Å². The molecule has 1 aromatic carbocycles. The predicted molar refractivity (Wildman–Crippen MR) is 102 cm³/mol. The number of carbonyl (C=O) groups is 3. The zero-order chi connectivity index (χ0) is 20.0. The van der Waals surface area contributed by atoms with Crippen LogP contribution in [0.3, 0.4) is 0 Å². The Kier molecular flexibility index (Phi) is 6.82. The van der Waals surface area contributed by atoms with Crippen LogP contribution in [0.4, 0.5) is 10.5 Å². The molecule has 2 amide bonds. The zero-order valence-electron chi connectivity index (χ0n) is 16.4. The molecule has 1 aromatic rings. The summed E-state index contributed by atoms with van der Waals surface area (Å²) in [6.07, 6.45) is 0.628. The Balaban J connectivity index is 1.96. The van der Waals surface area contributed by atoms with E-state index in [1.807, 2.05) is 0 Å². The maximum Gasteiger partial charge on any atom is 0.412 e. The lowest BCUT2D eigenvalue weighted by atomic mass is 9.96. The second-order valence-electron chi connectivity index (χ2n) is 7.53. The quantitative estimate of drug-likeness (QED) is 0.814. The van der Waals surface area contributed by atoms with E-state index in [4.69, 9.17) is 9.47 Å². The number of esters is 1. The van der Waals surface area contributed by atoms with Gasteiger partial charge in [-0.15, -0.1) is 0 Å². The van der Waals surface area contributed by atoms with Crippen LogP contribution in [0.2, 0.25) is 0 Å². The highest BCUT2D eigenvalue weighted by molar-refractivity contribution is 5.96.